The van der Waals surface area contributed by atoms with Crippen molar-refractivity contribution in [1.29, 1.82) is 0 Å². The third kappa shape index (κ3) is 6.68. The van der Waals surface area contributed by atoms with Crippen molar-refractivity contribution in [3.63, 3.8) is 0 Å². The lowest BCUT2D eigenvalue weighted by Gasteiger charge is -2.35. The zero-order valence-electron chi connectivity index (χ0n) is 18.0. The van der Waals surface area contributed by atoms with Gasteiger partial charge in [0.2, 0.25) is 5.91 Å². The minimum atomic E-state index is 0.0839. The van der Waals surface area contributed by atoms with E-state index < -0.39 is 0 Å². The van der Waals surface area contributed by atoms with Crippen molar-refractivity contribution < 1.29 is 9.53 Å². The van der Waals surface area contributed by atoms with Crippen molar-refractivity contribution in [3.05, 3.63) is 53.2 Å². The Hall–Kier alpha value is -2.13. The molecule has 32 heavy (non-hydrogen) atoms. The number of carbonyl (C=O) groups excluding carboxylic acids is 1. The van der Waals surface area contributed by atoms with Crippen LogP contribution in [-0.2, 0) is 9.53 Å². The van der Waals surface area contributed by atoms with Gasteiger partial charge in [0.05, 0.1) is 19.0 Å². The van der Waals surface area contributed by atoms with Gasteiger partial charge in [-0.2, -0.15) is 0 Å². The van der Waals surface area contributed by atoms with Crippen LogP contribution >= 0.6 is 23.4 Å². The number of nitrogens with zero attached hydrogens (tertiary/aromatic N) is 5. The molecule has 0 N–H and O–H groups in total. The largest absolute Gasteiger partial charge is 0.378 e. The fraction of sp³-hybridized carbons (Fsp3) is 0.435. The maximum atomic E-state index is 12.4. The number of carbonyl (C=O) groups is 1. The fourth-order valence-electron chi connectivity index (χ4n) is 3.70. The summed E-state index contributed by atoms with van der Waals surface area (Å²) in [6.07, 6.45) is 4.38. The number of hydrogen-bond acceptors (Lipinski definition) is 7. The molecule has 2 fully saturated rings. The highest BCUT2D eigenvalue weighted by Gasteiger charge is 2.20. The van der Waals surface area contributed by atoms with Gasteiger partial charge in [-0.3, -0.25) is 9.69 Å². The molecule has 0 radical (unpaired) electrons. The van der Waals surface area contributed by atoms with Gasteiger partial charge < -0.3 is 14.5 Å². The van der Waals surface area contributed by atoms with E-state index in [0.29, 0.717) is 42.4 Å². The van der Waals surface area contributed by atoms with Gasteiger partial charge in [0, 0.05) is 51.9 Å². The second-order valence-electron chi connectivity index (χ2n) is 7.71. The molecule has 0 bridgehead atoms. The molecule has 9 heteroatoms. The second kappa shape index (κ2) is 11.7. The molecule has 2 aliphatic heterocycles. The van der Waals surface area contributed by atoms with Crippen LogP contribution in [0.15, 0.2) is 47.6 Å². The minimum Gasteiger partial charge on any atom is -0.378 e. The minimum absolute atomic E-state index is 0.0839. The summed E-state index contributed by atoms with van der Waals surface area (Å²) in [4.78, 5) is 27.9. The molecule has 1 amide bonds. The van der Waals surface area contributed by atoms with Crippen LogP contribution in [0.25, 0.3) is 6.08 Å². The molecule has 1 aromatic carbocycles. The summed E-state index contributed by atoms with van der Waals surface area (Å²) in [6.45, 7) is 7.09. The van der Waals surface area contributed by atoms with Crippen LogP contribution in [0.1, 0.15) is 5.56 Å². The van der Waals surface area contributed by atoms with Gasteiger partial charge in [0.25, 0.3) is 0 Å². The number of benzene rings is 1. The lowest BCUT2D eigenvalue weighted by Crippen LogP contribution is -2.46. The third-order valence-electron chi connectivity index (χ3n) is 5.52. The predicted molar refractivity (Wildman–Crippen MR) is 129 cm³/mol. The number of piperazine rings is 1. The molecule has 0 saturated carbocycles. The predicted octanol–water partition coefficient (Wildman–Crippen LogP) is 2.92. The van der Waals surface area contributed by atoms with E-state index in [0.717, 1.165) is 38.5 Å². The Bertz CT molecular complexity index is 916. The molecule has 3 heterocycles. The Labute approximate surface area is 198 Å². The Morgan fingerprint density at radius 3 is 2.56 bits per heavy atom. The number of aromatic nitrogens is 2. The first kappa shape index (κ1) is 23.0. The molecular formula is C23H28ClN5O2S. The van der Waals surface area contributed by atoms with E-state index in [1.54, 1.807) is 6.07 Å². The average Bonchev–Trinajstić information content (AvgIpc) is 2.84. The average molecular weight is 474 g/mol. The lowest BCUT2D eigenvalue weighted by molar-refractivity contribution is -0.132. The number of hydrogen-bond donors (Lipinski definition) is 0. The summed E-state index contributed by atoms with van der Waals surface area (Å²) < 4.78 is 5.31. The fourth-order valence-corrected chi connectivity index (χ4v) is 4.69. The summed E-state index contributed by atoms with van der Waals surface area (Å²) in [5.41, 5.74) is 1.22. The molecule has 2 aliphatic rings. The summed E-state index contributed by atoms with van der Waals surface area (Å²) in [5, 5.41) is 0.951. The monoisotopic (exact) mass is 473 g/mol. The highest BCUT2D eigenvalue weighted by atomic mass is 35.5. The molecule has 0 unspecified atom stereocenters. The number of amides is 1. The Balaban J connectivity index is 1.27. The molecule has 2 saturated heterocycles. The first-order valence-corrected chi connectivity index (χ1v) is 12.3. The number of halogens is 1. The standard InChI is InChI=1S/C23H28ClN5O2S/c24-20-17-21(26-23(25-20)32-18-22(30)29-13-15-31-16-14-29)28-11-9-27(10-12-28)8-4-7-19-5-2-1-3-6-19/h1-7,17H,8-16,18H2/b7-4+. The van der Waals surface area contributed by atoms with Crippen molar-refractivity contribution >= 4 is 41.2 Å². The molecule has 170 valence electrons. The maximum absolute atomic E-state index is 12.4. The Morgan fingerprint density at radius 1 is 1.06 bits per heavy atom. The topological polar surface area (TPSA) is 61.8 Å². The number of ether oxygens (including phenoxy) is 1. The van der Waals surface area contributed by atoms with E-state index in [4.69, 9.17) is 16.3 Å². The van der Waals surface area contributed by atoms with E-state index in [1.165, 1.54) is 17.3 Å². The van der Waals surface area contributed by atoms with Gasteiger partial charge in [0.15, 0.2) is 5.16 Å². The summed E-state index contributed by atoms with van der Waals surface area (Å²) >= 11 is 7.61. The molecule has 7 nitrogen and oxygen atoms in total. The first-order chi connectivity index (χ1) is 15.7. The van der Waals surface area contributed by atoms with Gasteiger partial charge in [-0.15, -0.1) is 0 Å². The van der Waals surface area contributed by atoms with Crippen LogP contribution < -0.4 is 4.90 Å². The Kier molecular flexibility index (Phi) is 8.39. The molecule has 0 spiro atoms. The summed E-state index contributed by atoms with van der Waals surface area (Å²) in [7, 11) is 0. The Morgan fingerprint density at radius 2 is 1.81 bits per heavy atom. The molecule has 0 atom stereocenters. The van der Waals surface area contributed by atoms with Gasteiger partial charge in [0.1, 0.15) is 11.0 Å². The van der Waals surface area contributed by atoms with Crippen LogP contribution in [0, 0.1) is 0 Å². The number of morpholine rings is 1. The van der Waals surface area contributed by atoms with E-state index >= 15 is 0 Å². The number of thioether (sulfide) groups is 1. The van der Waals surface area contributed by atoms with E-state index in [2.05, 4.69) is 56.2 Å². The van der Waals surface area contributed by atoms with E-state index in [1.807, 2.05) is 11.0 Å². The van der Waals surface area contributed by atoms with Crippen LogP contribution in [0.5, 0.6) is 0 Å². The first-order valence-electron chi connectivity index (χ1n) is 10.9. The van der Waals surface area contributed by atoms with Crippen LogP contribution in [0.3, 0.4) is 0 Å². The second-order valence-corrected chi connectivity index (χ2v) is 9.04. The van der Waals surface area contributed by atoms with Crippen LogP contribution in [0.4, 0.5) is 5.82 Å². The smallest absolute Gasteiger partial charge is 0.233 e. The summed E-state index contributed by atoms with van der Waals surface area (Å²) in [5.74, 6) is 1.22. The van der Waals surface area contributed by atoms with Crippen molar-refractivity contribution in [1.82, 2.24) is 19.8 Å². The van der Waals surface area contributed by atoms with Gasteiger partial charge in [-0.1, -0.05) is 65.8 Å². The zero-order valence-corrected chi connectivity index (χ0v) is 19.6. The highest BCUT2D eigenvalue weighted by molar-refractivity contribution is 7.99. The number of anilines is 1. The third-order valence-corrected chi connectivity index (χ3v) is 6.54. The van der Waals surface area contributed by atoms with Crippen molar-refractivity contribution in [2.45, 2.75) is 5.16 Å². The van der Waals surface area contributed by atoms with Crippen molar-refractivity contribution in [3.8, 4) is 0 Å². The molecule has 4 rings (SSSR count). The van der Waals surface area contributed by atoms with Gasteiger partial charge >= 0.3 is 0 Å². The van der Waals surface area contributed by atoms with Crippen LogP contribution in [0.2, 0.25) is 5.15 Å². The SMILES string of the molecule is O=C(CSc1nc(Cl)cc(N2CCN(C/C=C/c3ccccc3)CC2)n1)N1CCOCC1. The lowest BCUT2D eigenvalue weighted by atomic mass is 10.2. The van der Waals surface area contributed by atoms with Crippen LogP contribution in [-0.4, -0.2) is 90.5 Å². The quantitative estimate of drug-likeness (QED) is 0.348. The van der Waals surface area contributed by atoms with Crippen molar-refractivity contribution in [2.75, 3.05) is 69.7 Å². The zero-order chi connectivity index (χ0) is 22.2. The maximum Gasteiger partial charge on any atom is 0.233 e. The van der Waals surface area contributed by atoms with E-state index in [9.17, 15) is 4.79 Å². The molecule has 0 aliphatic carbocycles. The van der Waals surface area contributed by atoms with Crippen molar-refractivity contribution in [2.24, 2.45) is 0 Å². The van der Waals surface area contributed by atoms with Gasteiger partial charge in [-0.25, -0.2) is 9.97 Å². The normalized spacial score (nSPS) is 17.8. The molecule has 2 aromatic rings. The highest BCUT2D eigenvalue weighted by Crippen LogP contribution is 2.23. The molecule has 1 aromatic heterocycles. The van der Waals surface area contributed by atoms with Gasteiger partial charge in [-0.05, 0) is 5.56 Å². The number of rotatable bonds is 7. The van der Waals surface area contributed by atoms with E-state index in [-0.39, 0.29) is 5.91 Å². The molecular weight excluding hydrogens is 446 g/mol. The summed E-state index contributed by atoms with van der Waals surface area (Å²) in [6, 6.07) is 12.2.